The monoisotopic (exact) mass is 354 g/mol. The zero-order chi connectivity index (χ0) is 18.4. The lowest BCUT2D eigenvalue weighted by molar-refractivity contribution is -0.123. The molecule has 0 atom stereocenters. The molecule has 2 N–H and O–H groups in total. The Hall–Kier alpha value is -2.88. The van der Waals surface area contributed by atoms with E-state index in [1.54, 1.807) is 24.3 Å². The van der Waals surface area contributed by atoms with Crippen LogP contribution in [0.1, 0.15) is 32.1 Å². The van der Waals surface area contributed by atoms with Crippen molar-refractivity contribution in [1.82, 2.24) is 5.32 Å². The third-order valence-corrected chi connectivity index (χ3v) is 4.32. The first-order valence-corrected chi connectivity index (χ1v) is 8.78. The molecule has 0 aromatic heterocycles. The molecule has 26 heavy (non-hydrogen) atoms. The number of ether oxygens (including phenoxy) is 1. The molecule has 1 aliphatic carbocycles. The van der Waals surface area contributed by atoms with E-state index in [-0.39, 0.29) is 24.3 Å². The number of nitrogens with one attached hydrogen (secondary N) is 2. The Balaban J connectivity index is 1.36. The first-order chi connectivity index (χ1) is 12.6. The predicted molar refractivity (Wildman–Crippen MR) is 96.6 cm³/mol. The molecule has 0 bridgehead atoms. The molecule has 7 nitrogen and oxygen atoms in total. The smallest absolute Gasteiger partial charge is 0.257 e. The van der Waals surface area contributed by atoms with Gasteiger partial charge in [0.15, 0.2) is 12.3 Å². The molecule has 1 aliphatic heterocycles. The first-order valence-electron chi connectivity index (χ1n) is 8.78. The van der Waals surface area contributed by atoms with E-state index in [9.17, 15) is 9.59 Å². The van der Waals surface area contributed by atoms with Crippen molar-refractivity contribution >= 4 is 17.5 Å². The normalized spacial score (nSPS) is 16.4. The Morgan fingerprint density at radius 1 is 1.31 bits per heavy atom. The number of amides is 2. The molecule has 0 unspecified atom stereocenters. The van der Waals surface area contributed by atoms with E-state index in [2.05, 4.69) is 26.8 Å². The van der Waals surface area contributed by atoms with E-state index in [0.29, 0.717) is 30.8 Å². The number of carbonyl (C=O) groups is 2. The molecule has 136 valence electrons. The molecule has 1 aromatic rings. The largest absolute Gasteiger partial charge is 0.484 e. The molecule has 2 aliphatic rings. The highest BCUT2D eigenvalue weighted by molar-refractivity contribution is 5.94. The van der Waals surface area contributed by atoms with Crippen molar-refractivity contribution in [2.45, 2.75) is 37.8 Å². The second-order valence-corrected chi connectivity index (χ2v) is 6.57. The van der Waals surface area contributed by atoms with E-state index < -0.39 is 5.66 Å². The molecule has 0 saturated heterocycles. The Morgan fingerprint density at radius 3 is 2.81 bits per heavy atom. The fourth-order valence-electron chi connectivity index (χ4n) is 2.52. The molecule has 1 saturated carbocycles. The number of benzene rings is 1. The summed E-state index contributed by atoms with van der Waals surface area (Å²) in [6.07, 6.45) is 9.13. The average molecular weight is 354 g/mol. The van der Waals surface area contributed by atoms with Crippen molar-refractivity contribution in [2.24, 2.45) is 16.1 Å². The summed E-state index contributed by atoms with van der Waals surface area (Å²) < 4.78 is 5.49. The minimum atomic E-state index is -0.394. The van der Waals surface area contributed by atoms with Crippen LogP contribution in [0.15, 0.2) is 34.5 Å². The summed E-state index contributed by atoms with van der Waals surface area (Å²) >= 11 is 0. The van der Waals surface area contributed by atoms with E-state index in [1.807, 2.05) is 0 Å². The van der Waals surface area contributed by atoms with Crippen LogP contribution >= 0.6 is 0 Å². The summed E-state index contributed by atoms with van der Waals surface area (Å²) in [4.78, 5) is 23.7. The van der Waals surface area contributed by atoms with Gasteiger partial charge in [-0.3, -0.25) is 9.59 Å². The second-order valence-electron chi connectivity index (χ2n) is 6.57. The van der Waals surface area contributed by atoms with Crippen LogP contribution in [0.4, 0.5) is 5.69 Å². The fourth-order valence-corrected chi connectivity index (χ4v) is 2.52. The topological polar surface area (TPSA) is 92.2 Å². The molecular formula is C19H22N4O3. The minimum Gasteiger partial charge on any atom is -0.484 e. The van der Waals surface area contributed by atoms with Crippen molar-refractivity contribution in [3.8, 4) is 18.1 Å². The van der Waals surface area contributed by atoms with Crippen LogP contribution in [-0.4, -0.2) is 30.6 Å². The molecule has 1 heterocycles. The van der Waals surface area contributed by atoms with Gasteiger partial charge in [-0.05, 0) is 25.0 Å². The van der Waals surface area contributed by atoms with Crippen LogP contribution in [0, 0.1) is 18.3 Å². The quantitative estimate of drug-likeness (QED) is 0.632. The van der Waals surface area contributed by atoms with Crippen LogP contribution in [0.2, 0.25) is 0 Å². The third-order valence-electron chi connectivity index (χ3n) is 4.32. The van der Waals surface area contributed by atoms with Crippen LogP contribution in [0.25, 0.3) is 0 Å². The SMILES string of the molecule is C#CCCC1(CCNC(=O)COc2cccc(NC(=O)C3CC3)c2)N=N1. The van der Waals surface area contributed by atoms with Crippen molar-refractivity contribution in [1.29, 1.82) is 0 Å². The van der Waals surface area contributed by atoms with Gasteiger partial charge < -0.3 is 15.4 Å². The number of hydrogen-bond donors (Lipinski definition) is 2. The van der Waals surface area contributed by atoms with Gasteiger partial charge in [-0.1, -0.05) is 6.07 Å². The van der Waals surface area contributed by atoms with Crippen molar-refractivity contribution in [3.05, 3.63) is 24.3 Å². The van der Waals surface area contributed by atoms with Gasteiger partial charge in [0.2, 0.25) is 5.91 Å². The average Bonchev–Trinajstić information content (AvgIpc) is 3.54. The zero-order valence-electron chi connectivity index (χ0n) is 14.5. The first kappa shape index (κ1) is 17.9. The van der Waals surface area contributed by atoms with Gasteiger partial charge in [0, 0.05) is 43.5 Å². The zero-order valence-corrected chi connectivity index (χ0v) is 14.5. The van der Waals surface area contributed by atoms with Crippen LogP contribution in [-0.2, 0) is 9.59 Å². The number of anilines is 1. The van der Waals surface area contributed by atoms with Crippen molar-refractivity contribution < 1.29 is 14.3 Å². The number of terminal acetylenes is 1. The Morgan fingerprint density at radius 2 is 2.12 bits per heavy atom. The lowest BCUT2D eigenvalue weighted by Gasteiger charge is -2.11. The van der Waals surface area contributed by atoms with E-state index in [4.69, 9.17) is 11.2 Å². The number of hydrogen-bond acceptors (Lipinski definition) is 5. The summed E-state index contributed by atoms with van der Waals surface area (Å²) in [5.41, 5.74) is 0.279. The number of carbonyl (C=O) groups excluding carboxylic acids is 2. The van der Waals surface area contributed by atoms with E-state index >= 15 is 0 Å². The highest BCUT2D eigenvalue weighted by atomic mass is 16.5. The predicted octanol–water partition coefficient (Wildman–Crippen LogP) is 2.50. The molecule has 1 aromatic carbocycles. The van der Waals surface area contributed by atoms with Gasteiger partial charge in [-0.2, -0.15) is 10.2 Å². The van der Waals surface area contributed by atoms with E-state index in [1.165, 1.54) is 0 Å². The van der Waals surface area contributed by atoms with Gasteiger partial charge in [-0.25, -0.2) is 0 Å². The molecule has 0 spiro atoms. The molecule has 3 rings (SSSR count). The molecule has 0 radical (unpaired) electrons. The summed E-state index contributed by atoms with van der Waals surface area (Å²) in [7, 11) is 0. The number of rotatable bonds is 10. The maximum atomic E-state index is 11.9. The maximum Gasteiger partial charge on any atom is 0.257 e. The van der Waals surface area contributed by atoms with Crippen LogP contribution < -0.4 is 15.4 Å². The Kier molecular flexibility index (Phi) is 5.52. The highest BCUT2D eigenvalue weighted by Gasteiger charge is 2.38. The molecular weight excluding hydrogens is 332 g/mol. The molecule has 1 fully saturated rings. The summed E-state index contributed by atoms with van der Waals surface area (Å²) in [5, 5.41) is 13.7. The molecule has 2 amide bonds. The Labute approximate surface area is 152 Å². The standard InChI is InChI=1S/C19H22N4O3/c1-2-3-9-19(22-23-19)10-11-20-17(24)13-26-16-6-4-5-15(12-16)21-18(25)14-7-8-14/h1,4-6,12,14H,3,7-11,13H2,(H,20,24)(H,21,25). The van der Waals surface area contributed by atoms with Gasteiger partial charge >= 0.3 is 0 Å². The highest BCUT2D eigenvalue weighted by Crippen LogP contribution is 2.36. The summed E-state index contributed by atoms with van der Waals surface area (Å²) in [5.74, 6) is 3.06. The van der Waals surface area contributed by atoms with E-state index in [0.717, 1.165) is 19.3 Å². The maximum absolute atomic E-state index is 11.9. The van der Waals surface area contributed by atoms with Gasteiger partial charge in [0.1, 0.15) is 5.75 Å². The van der Waals surface area contributed by atoms with Gasteiger partial charge in [-0.15, -0.1) is 12.3 Å². The van der Waals surface area contributed by atoms with Crippen LogP contribution in [0.5, 0.6) is 5.75 Å². The van der Waals surface area contributed by atoms with Crippen molar-refractivity contribution in [3.63, 3.8) is 0 Å². The minimum absolute atomic E-state index is 0.0366. The number of nitrogens with zero attached hydrogens (tertiary/aromatic N) is 2. The third kappa shape index (κ3) is 5.31. The summed E-state index contributed by atoms with van der Waals surface area (Å²) in [6, 6.07) is 7.04. The van der Waals surface area contributed by atoms with Gasteiger partial charge in [0.25, 0.3) is 5.91 Å². The summed E-state index contributed by atoms with van der Waals surface area (Å²) in [6.45, 7) is 0.378. The van der Waals surface area contributed by atoms with Gasteiger partial charge in [0.05, 0.1) is 0 Å². The molecule has 7 heteroatoms. The lowest BCUT2D eigenvalue weighted by atomic mass is 10.0. The fraction of sp³-hybridized carbons (Fsp3) is 0.474. The lowest BCUT2D eigenvalue weighted by Crippen LogP contribution is -2.32. The second kappa shape index (κ2) is 8.00. The van der Waals surface area contributed by atoms with Crippen LogP contribution in [0.3, 0.4) is 0 Å². The Bertz CT molecular complexity index is 743. The van der Waals surface area contributed by atoms with Crippen molar-refractivity contribution in [2.75, 3.05) is 18.5 Å².